The quantitative estimate of drug-likeness (QED) is 0.135. The van der Waals surface area contributed by atoms with Gasteiger partial charge >= 0.3 is 5.97 Å². The Kier molecular flexibility index (Phi) is 10.3. The molecule has 1 heterocycles. The highest BCUT2D eigenvalue weighted by atomic mass is 16.4. The number of hydrogen-bond donors (Lipinski definition) is 8. The van der Waals surface area contributed by atoms with Crippen molar-refractivity contribution in [3.63, 3.8) is 0 Å². The molecule has 0 bridgehead atoms. The summed E-state index contributed by atoms with van der Waals surface area (Å²) in [5.74, 6) is -5.48. The topological polar surface area (TPSA) is 265 Å². The molecule has 0 aliphatic rings. The summed E-state index contributed by atoms with van der Waals surface area (Å²) in [6.07, 6.45) is 1.83. The molecule has 1 aromatic rings. The molecule has 3 atom stereocenters. The summed E-state index contributed by atoms with van der Waals surface area (Å²) >= 11 is 0. The molecular formula is C17H26N8O7. The largest absolute Gasteiger partial charge is 0.480 e. The van der Waals surface area contributed by atoms with Gasteiger partial charge in [-0.15, -0.1) is 0 Å². The number of H-pyrrole nitrogens is 1. The summed E-state index contributed by atoms with van der Waals surface area (Å²) in [4.78, 5) is 76.3. The third kappa shape index (κ3) is 9.66. The second kappa shape index (κ2) is 12.6. The molecule has 0 aliphatic carbocycles. The molecule has 3 unspecified atom stereocenters. The number of nitrogens with two attached hydrogens (primary N) is 3. The van der Waals surface area contributed by atoms with Crippen LogP contribution in [0.4, 0.5) is 0 Å². The second-order valence-electron chi connectivity index (χ2n) is 6.80. The number of rotatable bonds is 14. The lowest BCUT2D eigenvalue weighted by molar-refractivity contribution is -0.142. The van der Waals surface area contributed by atoms with Crippen molar-refractivity contribution in [3.05, 3.63) is 18.2 Å². The number of carboxylic acid groups (broad SMARTS) is 1. The molecular weight excluding hydrogens is 428 g/mol. The fourth-order valence-electron chi connectivity index (χ4n) is 2.47. The number of hydrogen-bond acceptors (Lipinski definition) is 8. The Hall–Kier alpha value is -4.01. The highest BCUT2D eigenvalue weighted by Crippen LogP contribution is 2.01. The third-order valence-corrected chi connectivity index (χ3v) is 4.11. The molecule has 0 radical (unpaired) electrons. The van der Waals surface area contributed by atoms with Crippen molar-refractivity contribution in [2.45, 2.75) is 43.8 Å². The number of nitrogens with one attached hydrogen (secondary N) is 4. The first-order valence-electron chi connectivity index (χ1n) is 9.39. The number of aromatic amines is 1. The zero-order chi connectivity index (χ0) is 24.3. The summed E-state index contributed by atoms with van der Waals surface area (Å²) < 4.78 is 0. The van der Waals surface area contributed by atoms with E-state index in [2.05, 4.69) is 25.9 Å². The molecule has 0 fully saturated rings. The smallest absolute Gasteiger partial charge is 0.326 e. The molecule has 0 saturated heterocycles. The van der Waals surface area contributed by atoms with Gasteiger partial charge in [-0.25, -0.2) is 9.78 Å². The summed E-state index contributed by atoms with van der Waals surface area (Å²) in [7, 11) is 0. The van der Waals surface area contributed by atoms with Crippen LogP contribution in [0.15, 0.2) is 12.5 Å². The van der Waals surface area contributed by atoms with Crippen LogP contribution in [0.25, 0.3) is 0 Å². The number of carboxylic acids is 1. The van der Waals surface area contributed by atoms with Gasteiger partial charge in [0.05, 0.1) is 25.3 Å². The number of carbonyl (C=O) groups excluding carboxylic acids is 5. The van der Waals surface area contributed by atoms with E-state index in [0.29, 0.717) is 5.69 Å². The van der Waals surface area contributed by atoms with Gasteiger partial charge in [-0.05, 0) is 6.42 Å². The molecule has 11 N–H and O–H groups in total. The van der Waals surface area contributed by atoms with Crippen molar-refractivity contribution in [2.75, 3.05) is 6.54 Å². The van der Waals surface area contributed by atoms with Crippen molar-refractivity contribution >= 4 is 35.5 Å². The average molecular weight is 454 g/mol. The van der Waals surface area contributed by atoms with Crippen molar-refractivity contribution in [3.8, 4) is 0 Å². The van der Waals surface area contributed by atoms with Crippen LogP contribution in [0.1, 0.15) is 25.0 Å². The van der Waals surface area contributed by atoms with Crippen molar-refractivity contribution in [2.24, 2.45) is 17.2 Å². The standard InChI is InChI=1S/C17H26N8O7/c18-9(1-2-12(19)26)15(29)22-6-14(28)24-10(4-13(20)27)16(30)25-11(17(31)32)3-8-5-21-7-23-8/h5,7,9-11H,1-4,6,18H2,(H2,19,26)(H2,20,27)(H,21,23)(H,22,29)(H,24,28)(H,25,30)(H,31,32). The lowest BCUT2D eigenvalue weighted by atomic mass is 10.1. The van der Waals surface area contributed by atoms with Crippen LogP contribution in [-0.4, -0.2) is 75.2 Å². The van der Waals surface area contributed by atoms with Gasteiger partial charge in [0, 0.05) is 24.7 Å². The predicted molar refractivity (Wildman–Crippen MR) is 107 cm³/mol. The minimum Gasteiger partial charge on any atom is -0.480 e. The lowest BCUT2D eigenvalue weighted by Crippen LogP contribution is -2.55. The average Bonchev–Trinajstić information content (AvgIpc) is 3.21. The lowest BCUT2D eigenvalue weighted by Gasteiger charge is -2.20. The first kappa shape index (κ1) is 26.0. The SMILES string of the molecule is NC(=O)CCC(N)C(=O)NCC(=O)NC(CC(N)=O)C(=O)NC(Cc1cnc[nH]1)C(=O)O. The van der Waals surface area contributed by atoms with Crippen molar-refractivity contribution in [1.82, 2.24) is 25.9 Å². The molecule has 15 heteroatoms. The monoisotopic (exact) mass is 454 g/mol. The summed E-state index contributed by atoms with van der Waals surface area (Å²) in [6.45, 7) is -0.595. The first-order valence-corrected chi connectivity index (χ1v) is 9.39. The number of imidazole rings is 1. The van der Waals surface area contributed by atoms with Gasteiger partial charge in [-0.3, -0.25) is 24.0 Å². The molecule has 5 amide bonds. The van der Waals surface area contributed by atoms with Gasteiger partial charge < -0.3 is 43.2 Å². The van der Waals surface area contributed by atoms with Gasteiger partial charge in [0.25, 0.3) is 0 Å². The van der Waals surface area contributed by atoms with Gasteiger partial charge in [-0.1, -0.05) is 0 Å². The van der Waals surface area contributed by atoms with E-state index in [4.69, 9.17) is 17.2 Å². The summed E-state index contributed by atoms with van der Waals surface area (Å²) in [5.41, 5.74) is 16.1. The number of aromatic nitrogens is 2. The van der Waals surface area contributed by atoms with E-state index in [1.165, 1.54) is 12.5 Å². The van der Waals surface area contributed by atoms with Crippen LogP contribution in [0, 0.1) is 0 Å². The molecule has 176 valence electrons. The minimum atomic E-state index is -1.48. The van der Waals surface area contributed by atoms with E-state index in [0.717, 1.165) is 0 Å². The fraction of sp³-hybridized carbons (Fsp3) is 0.471. The van der Waals surface area contributed by atoms with E-state index in [-0.39, 0.29) is 19.3 Å². The summed E-state index contributed by atoms with van der Waals surface area (Å²) in [6, 6.07) is -3.94. The Morgan fingerprint density at radius 2 is 1.72 bits per heavy atom. The fourth-order valence-corrected chi connectivity index (χ4v) is 2.47. The van der Waals surface area contributed by atoms with E-state index in [1.54, 1.807) is 0 Å². The van der Waals surface area contributed by atoms with Crippen LogP contribution in [-0.2, 0) is 35.2 Å². The maximum absolute atomic E-state index is 12.5. The van der Waals surface area contributed by atoms with Crippen LogP contribution in [0.3, 0.4) is 0 Å². The van der Waals surface area contributed by atoms with E-state index in [9.17, 15) is 33.9 Å². The van der Waals surface area contributed by atoms with Crippen LogP contribution < -0.4 is 33.2 Å². The highest BCUT2D eigenvalue weighted by molar-refractivity contribution is 5.95. The third-order valence-electron chi connectivity index (χ3n) is 4.11. The maximum atomic E-state index is 12.5. The zero-order valence-electron chi connectivity index (χ0n) is 17.0. The maximum Gasteiger partial charge on any atom is 0.326 e. The number of nitrogens with zero attached hydrogens (tertiary/aromatic N) is 1. The molecule has 1 aromatic heterocycles. The second-order valence-corrected chi connectivity index (χ2v) is 6.80. The molecule has 0 aliphatic heterocycles. The van der Waals surface area contributed by atoms with Crippen LogP contribution in [0.5, 0.6) is 0 Å². The van der Waals surface area contributed by atoms with Gasteiger partial charge in [0.15, 0.2) is 0 Å². The molecule has 0 aromatic carbocycles. The van der Waals surface area contributed by atoms with Crippen molar-refractivity contribution < 1.29 is 33.9 Å². The minimum absolute atomic E-state index is 0.0254. The Labute approximate surface area is 181 Å². The number of carbonyl (C=O) groups is 6. The Morgan fingerprint density at radius 1 is 1.03 bits per heavy atom. The van der Waals surface area contributed by atoms with E-state index >= 15 is 0 Å². The van der Waals surface area contributed by atoms with Crippen LogP contribution in [0.2, 0.25) is 0 Å². The van der Waals surface area contributed by atoms with Gasteiger partial charge in [0.1, 0.15) is 12.1 Å². The van der Waals surface area contributed by atoms with E-state index < -0.39 is 66.6 Å². The van der Waals surface area contributed by atoms with Gasteiger partial charge in [0.2, 0.25) is 29.5 Å². The van der Waals surface area contributed by atoms with Gasteiger partial charge in [-0.2, -0.15) is 0 Å². The molecule has 15 nitrogen and oxygen atoms in total. The number of primary amides is 2. The Morgan fingerprint density at radius 3 is 2.25 bits per heavy atom. The number of amides is 5. The predicted octanol–water partition coefficient (Wildman–Crippen LogP) is -4.41. The van der Waals surface area contributed by atoms with Crippen molar-refractivity contribution in [1.29, 1.82) is 0 Å². The number of aliphatic carboxylic acids is 1. The molecule has 32 heavy (non-hydrogen) atoms. The first-order chi connectivity index (χ1) is 15.0. The molecule has 1 rings (SSSR count). The van der Waals surface area contributed by atoms with Crippen LogP contribution >= 0.6 is 0 Å². The molecule has 0 spiro atoms. The normalized spacial score (nSPS) is 13.3. The zero-order valence-corrected chi connectivity index (χ0v) is 17.0. The highest BCUT2D eigenvalue weighted by Gasteiger charge is 2.28. The Bertz CT molecular complexity index is 842. The van der Waals surface area contributed by atoms with E-state index in [1.807, 2.05) is 0 Å². The Balaban J connectivity index is 2.67. The molecule has 0 saturated carbocycles. The summed E-state index contributed by atoms with van der Waals surface area (Å²) in [5, 5.41) is 16.0.